The molecule has 0 bridgehead atoms. The number of hydrogen-bond donors (Lipinski definition) is 0. The molecule has 0 N–H and O–H groups in total. The maximum absolute atomic E-state index is 2.44. The summed E-state index contributed by atoms with van der Waals surface area (Å²) >= 11 is 3.76. The molecule has 11 aromatic rings. The molecule has 0 amide bonds. The van der Waals surface area contributed by atoms with Gasteiger partial charge in [-0.15, -0.1) is 22.7 Å². The minimum absolute atomic E-state index is 1.13. The summed E-state index contributed by atoms with van der Waals surface area (Å²) in [5.41, 5.74) is 8.40. The van der Waals surface area contributed by atoms with Gasteiger partial charge in [-0.25, -0.2) is 0 Å². The van der Waals surface area contributed by atoms with Gasteiger partial charge in [0.1, 0.15) is 0 Å². The molecular weight excluding hydrogens is 679 g/mol. The van der Waals surface area contributed by atoms with Gasteiger partial charge in [-0.3, -0.25) is 0 Å². The molecule has 0 spiro atoms. The van der Waals surface area contributed by atoms with Crippen LogP contribution in [-0.2, 0) is 0 Å². The minimum Gasteiger partial charge on any atom is -0.310 e. The standard InChI is InChI=1S/C50H31NS2/c1-3-14-38-32(11-1)13-9-18-39(38)33-23-27-36(28-24-33)51(44-19-10-22-47-49(44)42-17-6-7-20-45(42)52-47)37-29-25-34(26-30-37)43-31-35-12-2-4-15-40(35)48-41-16-5-8-21-46(41)53-50(43)48/h1-31H. The lowest BCUT2D eigenvalue weighted by Crippen LogP contribution is -2.10. The molecule has 248 valence electrons. The summed E-state index contributed by atoms with van der Waals surface area (Å²) in [7, 11) is 0. The molecule has 0 aliphatic rings. The Morgan fingerprint density at radius 1 is 0.340 bits per heavy atom. The fraction of sp³-hybridized carbons (Fsp3) is 0. The summed E-state index contributed by atoms with van der Waals surface area (Å²) in [6.45, 7) is 0. The van der Waals surface area contributed by atoms with Gasteiger partial charge in [0.2, 0.25) is 0 Å². The zero-order chi connectivity index (χ0) is 34.9. The van der Waals surface area contributed by atoms with Crippen LogP contribution in [0.25, 0.3) is 84.1 Å². The van der Waals surface area contributed by atoms with Crippen LogP contribution in [0.5, 0.6) is 0 Å². The van der Waals surface area contributed by atoms with Crippen LogP contribution >= 0.6 is 22.7 Å². The van der Waals surface area contributed by atoms with E-state index < -0.39 is 0 Å². The van der Waals surface area contributed by atoms with Crippen molar-refractivity contribution in [2.75, 3.05) is 4.90 Å². The lowest BCUT2D eigenvalue weighted by atomic mass is 9.96. The van der Waals surface area contributed by atoms with E-state index in [1.165, 1.54) is 89.8 Å². The average Bonchev–Trinajstić information content (AvgIpc) is 3.81. The maximum atomic E-state index is 2.44. The molecule has 3 heteroatoms. The van der Waals surface area contributed by atoms with Crippen molar-refractivity contribution < 1.29 is 0 Å². The Bertz CT molecular complexity index is 3160. The molecule has 11 rings (SSSR count). The van der Waals surface area contributed by atoms with Crippen molar-refractivity contribution in [3.8, 4) is 22.3 Å². The maximum Gasteiger partial charge on any atom is 0.0554 e. The van der Waals surface area contributed by atoms with Gasteiger partial charge in [-0.1, -0.05) is 133 Å². The summed E-state index contributed by atoms with van der Waals surface area (Å²) in [6.07, 6.45) is 0. The van der Waals surface area contributed by atoms with Crippen LogP contribution in [0, 0.1) is 0 Å². The monoisotopic (exact) mass is 709 g/mol. The third kappa shape index (κ3) is 4.89. The van der Waals surface area contributed by atoms with Gasteiger partial charge in [-0.05, 0) is 92.8 Å². The molecule has 1 nitrogen and oxygen atoms in total. The van der Waals surface area contributed by atoms with Crippen LogP contribution in [0.1, 0.15) is 0 Å². The van der Waals surface area contributed by atoms with E-state index in [-0.39, 0.29) is 0 Å². The van der Waals surface area contributed by atoms with Crippen LogP contribution in [0.4, 0.5) is 17.1 Å². The summed E-state index contributed by atoms with van der Waals surface area (Å²) in [5.74, 6) is 0. The van der Waals surface area contributed by atoms with E-state index in [0.29, 0.717) is 0 Å². The molecule has 0 radical (unpaired) electrons. The zero-order valence-electron chi connectivity index (χ0n) is 28.7. The number of nitrogens with zero attached hydrogens (tertiary/aromatic N) is 1. The van der Waals surface area contributed by atoms with Crippen molar-refractivity contribution >= 4 is 102 Å². The van der Waals surface area contributed by atoms with Crippen molar-refractivity contribution in [1.29, 1.82) is 0 Å². The first-order valence-electron chi connectivity index (χ1n) is 18.0. The van der Waals surface area contributed by atoms with Gasteiger partial charge in [-0.2, -0.15) is 0 Å². The highest BCUT2D eigenvalue weighted by Gasteiger charge is 2.20. The summed E-state index contributed by atoms with van der Waals surface area (Å²) in [5, 5.41) is 10.4. The summed E-state index contributed by atoms with van der Waals surface area (Å²) in [4.78, 5) is 2.44. The number of rotatable bonds is 5. The molecule has 2 heterocycles. The Morgan fingerprint density at radius 2 is 0.868 bits per heavy atom. The molecule has 0 aliphatic carbocycles. The average molecular weight is 710 g/mol. The highest BCUT2D eigenvalue weighted by molar-refractivity contribution is 7.26. The first kappa shape index (κ1) is 30.4. The lowest BCUT2D eigenvalue weighted by molar-refractivity contribution is 1.30. The SMILES string of the molecule is c1ccc2c(-c3ccc(N(c4ccc(-c5cc6ccccc6c6c5sc5ccccc56)cc4)c4cccc5sc6ccccc6c45)cc3)cccc2c1. The Hall–Kier alpha value is -6.26. The van der Waals surface area contributed by atoms with E-state index in [0.717, 1.165) is 11.4 Å². The van der Waals surface area contributed by atoms with Crippen LogP contribution < -0.4 is 4.90 Å². The second kappa shape index (κ2) is 12.2. The van der Waals surface area contributed by atoms with Crippen molar-refractivity contribution in [3.63, 3.8) is 0 Å². The van der Waals surface area contributed by atoms with Crippen molar-refractivity contribution in [2.24, 2.45) is 0 Å². The molecule has 0 aliphatic heterocycles. The van der Waals surface area contributed by atoms with E-state index in [4.69, 9.17) is 0 Å². The summed E-state index contributed by atoms with van der Waals surface area (Å²) < 4.78 is 5.26. The molecule has 0 unspecified atom stereocenters. The Balaban J connectivity index is 1.09. The Labute approximate surface area is 315 Å². The van der Waals surface area contributed by atoms with Crippen molar-refractivity contribution in [2.45, 2.75) is 0 Å². The Kier molecular flexibility index (Phi) is 6.97. The fourth-order valence-corrected chi connectivity index (χ4v) is 10.6. The van der Waals surface area contributed by atoms with E-state index in [1.54, 1.807) is 0 Å². The molecule has 53 heavy (non-hydrogen) atoms. The lowest BCUT2D eigenvalue weighted by Gasteiger charge is -2.27. The predicted octanol–water partition coefficient (Wildman–Crippen LogP) is 15.5. The van der Waals surface area contributed by atoms with Crippen LogP contribution in [0.2, 0.25) is 0 Å². The van der Waals surface area contributed by atoms with E-state index in [9.17, 15) is 0 Å². The van der Waals surface area contributed by atoms with Crippen LogP contribution in [0.15, 0.2) is 188 Å². The smallest absolute Gasteiger partial charge is 0.0554 e. The van der Waals surface area contributed by atoms with Gasteiger partial charge < -0.3 is 4.90 Å². The number of thiophene rings is 2. The second-order valence-electron chi connectivity index (χ2n) is 13.7. The van der Waals surface area contributed by atoms with Crippen LogP contribution in [0.3, 0.4) is 0 Å². The largest absolute Gasteiger partial charge is 0.310 e. The predicted molar refractivity (Wildman–Crippen MR) is 233 cm³/mol. The molecule has 2 aromatic heterocycles. The normalized spacial score (nSPS) is 11.8. The first-order chi connectivity index (χ1) is 26.3. The number of benzene rings is 9. The fourth-order valence-electron chi connectivity index (χ4n) is 8.22. The number of anilines is 3. The summed E-state index contributed by atoms with van der Waals surface area (Å²) in [6, 6.07) is 69.1. The molecule has 0 saturated carbocycles. The third-order valence-electron chi connectivity index (χ3n) is 10.7. The number of hydrogen-bond acceptors (Lipinski definition) is 3. The highest BCUT2D eigenvalue weighted by atomic mass is 32.1. The second-order valence-corrected chi connectivity index (χ2v) is 15.8. The third-order valence-corrected chi connectivity index (χ3v) is 13.0. The topological polar surface area (TPSA) is 3.24 Å². The van der Waals surface area contributed by atoms with Gasteiger partial charge in [0.15, 0.2) is 0 Å². The van der Waals surface area contributed by atoms with Crippen molar-refractivity contribution in [3.05, 3.63) is 188 Å². The van der Waals surface area contributed by atoms with E-state index in [2.05, 4.69) is 193 Å². The molecular formula is C50H31NS2. The minimum atomic E-state index is 1.13. The van der Waals surface area contributed by atoms with E-state index >= 15 is 0 Å². The number of fused-ring (bicyclic) bond motifs is 9. The highest BCUT2D eigenvalue weighted by Crippen LogP contribution is 2.47. The van der Waals surface area contributed by atoms with Crippen molar-refractivity contribution in [1.82, 2.24) is 0 Å². The Morgan fingerprint density at radius 3 is 1.60 bits per heavy atom. The van der Waals surface area contributed by atoms with Gasteiger partial charge >= 0.3 is 0 Å². The van der Waals surface area contributed by atoms with Gasteiger partial charge in [0, 0.05) is 57.3 Å². The zero-order valence-corrected chi connectivity index (χ0v) is 30.3. The molecule has 0 atom stereocenters. The van der Waals surface area contributed by atoms with Gasteiger partial charge in [0.05, 0.1) is 5.69 Å². The first-order valence-corrected chi connectivity index (χ1v) is 19.6. The van der Waals surface area contributed by atoms with Gasteiger partial charge in [0.25, 0.3) is 0 Å². The molecule has 0 saturated heterocycles. The quantitative estimate of drug-likeness (QED) is 0.172. The van der Waals surface area contributed by atoms with Crippen LogP contribution in [-0.4, -0.2) is 0 Å². The molecule has 9 aromatic carbocycles. The molecule has 0 fully saturated rings. The van der Waals surface area contributed by atoms with E-state index in [1.807, 2.05) is 22.7 Å².